The minimum absolute atomic E-state index is 0.329. The Bertz CT molecular complexity index is 444. The third kappa shape index (κ3) is 5.53. The quantitative estimate of drug-likeness (QED) is 0.375. The molecule has 0 aliphatic rings. The first-order chi connectivity index (χ1) is 9.55. The number of hydrazine groups is 1. The van der Waals surface area contributed by atoms with Crippen LogP contribution in [0.1, 0.15) is 0 Å². The predicted molar refractivity (Wildman–Crippen MR) is 87.6 cm³/mol. The molecule has 0 saturated carbocycles. The fourth-order valence-electron chi connectivity index (χ4n) is 1.50. The highest BCUT2D eigenvalue weighted by atomic mass is 79.9. The maximum atomic E-state index is 12.9. The van der Waals surface area contributed by atoms with E-state index in [4.69, 9.17) is 27.7 Å². The Hall–Kier alpha value is 0.190. The molecule has 0 amide bonds. The van der Waals surface area contributed by atoms with E-state index in [1.165, 1.54) is 0 Å². The molecule has 0 aliphatic carbocycles. The van der Waals surface area contributed by atoms with Gasteiger partial charge >= 0.3 is 7.67 Å². The van der Waals surface area contributed by atoms with Crippen molar-refractivity contribution in [1.82, 2.24) is 15.3 Å². The summed E-state index contributed by atoms with van der Waals surface area (Å²) in [6.07, 6.45) is 0. The van der Waals surface area contributed by atoms with Crippen LogP contribution in [0.5, 0.6) is 5.75 Å². The number of nitrogens with zero attached hydrogens (tertiary/aromatic N) is 1. The van der Waals surface area contributed by atoms with Crippen LogP contribution in [0.4, 0.5) is 0 Å². The van der Waals surface area contributed by atoms with Crippen molar-refractivity contribution in [1.29, 1.82) is 0 Å². The highest BCUT2D eigenvalue weighted by Gasteiger charge is 2.32. The number of hydrogen-bond acceptors (Lipinski definition) is 3. The molecule has 0 radical (unpaired) electrons. The van der Waals surface area contributed by atoms with Crippen LogP contribution in [0.2, 0.25) is 0 Å². The van der Waals surface area contributed by atoms with Gasteiger partial charge in [-0.1, -0.05) is 15.9 Å². The van der Waals surface area contributed by atoms with E-state index < -0.39 is 7.67 Å². The molecule has 0 spiro atoms. The van der Waals surface area contributed by atoms with E-state index in [0.717, 1.165) is 4.47 Å². The van der Waals surface area contributed by atoms with E-state index in [2.05, 4.69) is 26.6 Å². The molecular formula is C11H17BrCl2N3O2P. The van der Waals surface area contributed by atoms with E-state index in [0.29, 0.717) is 30.6 Å². The van der Waals surface area contributed by atoms with Gasteiger partial charge in [0.05, 0.1) is 0 Å². The molecule has 0 bridgehead atoms. The van der Waals surface area contributed by atoms with Gasteiger partial charge in [-0.05, 0) is 31.3 Å². The average Bonchev–Trinajstić information content (AvgIpc) is 2.41. The lowest BCUT2D eigenvalue weighted by Gasteiger charge is -2.30. The van der Waals surface area contributed by atoms with Crippen LogP contribution in [-0.4, -0.2) is 36.6 Å². The van der Waals surface area contributed by atoms with E-state index >= 15 is 0 Å². The zero-order valence-corrected chi connectivity index (χ0v) is 15.0. The average molecular weight is 405 g/mol. The normalized spacial score (nSPS) is 14.2. The Morgan fingerprint density at radius 3 is 2.25 bits per heavy atom. The number of hydrogen-bond donors (Lipinski definition) is 2. The molecular weight excluding hydrogens is 388 g/mol. The molecule has 1 rings (SSSR count). The standard InChI is InChI=1S/C11H17BrCl2N3O2P/c1-15-16-20(18,17(8-6-13)9-7-14)19-11-4-2-10(12)3-5-11/h2-5,15H,6-9H2,1H3,(H,16,18). The smallest absolute Gasteiger partial charge is 0.406 e. The number of benzene rings is 1. The van der Waals surface area contributed by atoms with E-state index in [1.54, 1.807) is 23.9 Å². The molecule has 1 atom stereocenters. The maximum Gasteiger partial charge on any atom is 0.406 e. The lowest BCUT2D eigenvalue weighted by molar-refractivity contribution is 0.353. The fraction of sp³-hybridized carbons (Fsp3) is 0.455. The molecule has 114 valence electrons. The lowest BCUT2D eigenvalue weighted by Crippen LogP contribution is -2.38. The van der Waals surface area contributed by atoms with Gasteiger partial charge < -0.3 is 4.52 Å². The first-order valence-corrected chi connectivity index (χ1v) is 9.36. The molecule has 1 unspecified atom stereocenters. The summed E-state index contributed by atoms with van der Waals surface area (Å²) < 4.78 is 21.1. The van der Waals surface area contributed by atoms with Crippen molar-refractivity contribution >= 4 is 46.8 Å². The highest BCUT2D eigenvalue weighted by Crippen LogP contribution is 2.46. The van der Waals surface area contributed by atoms with Crippen molar-refractivity contribution in [2.45, 2.75) is 0 Å². The van der Waals surface area contributed by atoms with Gasteiger partial charge in [0.25, 0.3) is 0 Å². The summed E-state index contributed by atoms with van der Waals surface area (Å²) in [4.78, 5) is 0. The second-order valence-corrected chi connectivity index (χ2v) is 7.44. The second kappa shape index (κ2) is 9.26. The molecule has 20 heavy (non-hydrogen) atoms. The summed E-state index contributed by atoms with van der Waals surface area (Å²) in [5, 5.41) is 2.67. The summed E-state index contributed by atoms with van der Waals surface area (Å²) in [5.41, 5.74) is 2.66. The molecule has 9 heteroatoms. The molecule has 0 fully saturated rings. The summed E-state index contributed by atoms with van der Waals surface area (Å²) in [5.74, 6) is 1.15. The minimum atomic E-state index is -3.31. The van der Waals surface area contributed by atoms with Crippen molar-refractivity contribution in [3.63, 3.8) is 0 Å². The van der Waals surface area contributed by atoms with Crippen molar-refractivity contribution in [3.8, 4) is 5.75 Å². The second-order valence-electron chi connectivity index (χ2n) is 3.76. The van der Waals surface area contributed by atoms with Crippen LogP contribution in [0.15, 0.2) is 28.7 Å². The maximum absolute atomic E-state index is 12.9. The van der Waals surface area contributed by atoms with Crippen LogP contribution in [-0.2, 0) is 4.57 Å². The van der Waals surface area contributed by atoms with Crippen LogP contribution in [0.3, 0.4) is 0 Å². The largest absolute Gasteiger partial charge is 0.421 e. The molecule has 1 aromatic carbocycles. The lowest BCUT2D eigenvalue weighted by atomic mass is 10.3. The summed E-state index contributed by atoms with van der Waals surface area (Å²) in [6.45, 7) is 0.799. The Balaban J connectivity index is 2.93. The van der Waals surface area contributed by atoms with Crippen molar-refractivity contribution in [2.24, 2.45) is 0 Å². The zero-order valence-electron chi connectivity index (χ0n) is 11.0. The topological polar surface area (TPSA) is 53.6 Å². The van der Waals surface area contributed by atoms with Crippen molar-refractivity contribution in [3.05, 3.63) is 28.7 Å². The molecule has 0 heterocycles. The first-order valence-electron chi connectivity index (χ1n) is 5.92. The SMILES string of the molecule is CNNP(=O)(Oc1ccc(Br)cc1)N(CCCl)CCCl. The van der Waals surface area contributed by atoms with Gasteiger partial charge in [0.15, 0.2) is 0 Å². The van der Waals surface area contributed by atoms with Gasteiger partial charge in [0.2, 0.25) is 0 Å². The Morgan fingerprint density at radius 2 is 1.80 bits per heavy atom. The Labute approximate surface area is 137 Å². The van der Waals surface area contributed by atoms with Crippen LogP contribution in [0.25, 0.3) is 0 Å². The molecule has 0 saturated heterocycles. The van der Waals surface area contributed by atoms with Crippen molar-refractivity contribution in [2.75, 3.05) is 31.9 Å². The van der Waals surface area contributed by atoms with Crippen molar-refractivity contribution < 1.29 is 9.09 Å². The monoisotopic (exact) mass is 403 g/mol. The molecule has 0 aliphatic heterocycles. The predicted octanol–water partition coefficient (Wildman–Crippen LogP) is 3.44. The number of alkyl halides is 2. The number of halogens is 3. The van der Waals surface area contributed by atoms with Gasteiger partial charge in [0.1, 0.15) is 5.75 Å². The Morgan fingerprint density at radius 1 is 1.25 bits per heavy atom. The molecule has 2 N–H and O–H groups in total. The Kier molecular flexibility index (Phi) is 8.44. The van der Waals surface area contributed by atoms with E-state index in [9.17, 15) is 4.57 Å². The van der Waals surface area contributed by atoms with Crippen LogP contribution < -0.4 is 15.1 Å². The van der Waals surface area contributed by atoms with E-state index in [1.807, 2.05) is 12.1 Å². The third-order valence-electron chi connectivity index (χ3n) is 2.35. The number of nitrogens with one attached hydrogen (secondary N) is 2. The summed E-state index contributed by atoms with van der Waals surface area (Å²) in [7, 11) is -1.69. The van der Waals surface area contributed by atoms with Crippen LogP contribution >= 0.6 is 46.8 Å². The van der Waals surface area contributed by atoms with Gasteiger partial charge in [0, 0.05) is 29.3 Å². The summed E-state index contributed by atoms with van der Waals surface area (Å²) in [6, 6.07) is 7.08. The number of rotatable bonds is 9. The minimum Gasteiger partial charge on any atom is -0.421 e. The molecule has 1 aromatic rings. The van der Waals surface area contributed by atoms with Gasteiger partial charge in [-0.2, -0.15) is 5.20 Å². The summed E-state index contributed by atoms with van der Waals surface area (Å²) >= 11 is 14.8. The zero-order chi connectivity index (χ0) is 15.0. The van der Waals surface area contributed by atoms with Gasteiger partial charge in [-0.15, -0.1) is 23.2 Å². The van der Waals surface area contributed by atoms with E-state index in [-0.39, 0.29) is 0 Å². The highest BCUT2D eigenvalue weighted by molar-refractivity contribution is 9.10. The third-order valence-corrected chi connectivity index (χ3v) is 5.33. The van der Waals surface area contributed by atoms with Crippen LogP contribution in [0, 0.1) is 0 Å². The van der Waals surface area contributed by atoms with Gasteiger partial charge in [-0.3, -0.25) is 5.43 Å². The molecule has 0 aromatic heterocycles. The fourth-order valence-corrected chi connectivity index (χ4v) is 4.13. The first kappa shape index (κ1) is 18.2. The van der Waals surface area contributed by atoms with Gasteiger partial charge in [-0.25, -0.2) is 9.24 Å². The molecule has 5 nitrogen and oxygen atoms in total.